The van der Waals surface area contributed by atoms with E-state index in [2.05, 4.69) is 89.6 Å². The van der Waals surface area contributed by atoms with E-state index in [-0.39, 0.29) is 41.0 Å². The van der Waals surface area contributed by atoms with Crippen LogP contribution in [0.2, 0.25) is 43.8 Å². The molecular weight excluding hydrogens is 557 g/mol. The van der Waals surface area contributed by atoms with Gasteiger partial charge in [0.05, 0.1) is 18.8 Å². The molecule has 0 aromatic heterocycles. The number of hydrogen-bond donors (Lipinski definition) is 1. The highest BCUT2D eigenvalue weighted by Crippen LogP contribution is 2.54. The third kappa shape index (κ3) is 9.08. The third-order valence-corrected chi connectivity index (χ3v) is 15.6. The maximum absolute atomic E-state index is 12.3. The summed E-state index contributed by atoms with van der Waals surface area (Å²) in [7, 11) is -3.23. The predicted molar refractivity (Wildman–Crippen MR) is 178 cm³/mol. The van der Waals surface area contributed by atoms with Gasteiger partial charge in [0.15, 0.2) is 8.32 Å². The summed E-state index contributed by atoms with van der Waals surface area (Å²) in [5.74, 6) is 7.26. The van der Waals surface area contributed by atoms with Crippen molar-refractivity contribution in [3.05, 3.63) is 41.5 Å². The van der Waals surface area contributed by atoms with Crippen LogP contribution in [0.5, 0.6) is 5.75 Å². The Bertz CT molecular complexity index is 1150. The zero-order valence-electron chi connectivity index (χ0n) is 27.9. The average Bonchev–Trinajstić information content (AvgIpc) is 3.40. The van der Waals surface area contributed by atoms with Gasteiger partial charge in [0, 0.05) is 44.7 Å². The summed E-state index contributed by atoms with van der Waals surface area (Å²) in [5, 5.41) is 11.0. The number of ether oxygens (including phenoxy) is 2. The highest BCUT2D eigenvalue weighted by atomic mass is 28.4. The van der Waals surface area contributed by atoms with E-state index in [9.17, 15) is 9.90 Å². The van der Waals surface area contributed by atoms with Gasteiger partial charge in [-0.2, -0.15) is 0 Å². The van der Waals surface area contributed by atoms with Gasteiger partial charge in [-0.3, -0.25) is 4.79 Å². The molecule has 1 saturated carbocycles. The quantitative estimate of drug-likeness (QED) is 0.106. The van der Waals surface area contributed by atoms with Gasteiger partial charge >= 0.3 is 5.97 Å². The average molecular weight is 613 g/mol. The largest absolute Gasteiger partial charge is 0.489 e. The molecule has 0 bridgehead atoms. The molecule has 0 spiro atoms. The summed E-state index contributed by atoms with van der Waals surface area (Å²) < 4.78 is 19.2. The second kappa shape index (κ2) is 14.3. The zero-order valence-corrected chi connectivity index (χ0v) is 29.9. The molecule has 5 nitrogen and oxygen atoms in total. The number of benzene rings is 1. The van der Waals surface area contributed by atoms with E-state index < -0.39 is 22.5 Å². The van der Waals surface area contributed by atoms with Crippen LogP contribution in [0.1, 0.15) is 77.3 Å². The SMILES string of the molecule is CC#CC[C@H](C)[C@H](O)/C=C/[C@H]1C(O[Si](C)(C)C(C)(C)C)C[C@@H]2Oc3c(CCCC(=O)OCC[Si](C)(C)C)cccc3[C@@H]21. The number of aryl methyl sites for hydroxylation is 1. The number of aliphatic hydroxyl groups excluding tert-OH is 1. The molecule has 1 aliphatic carbocycles. The van der Waals surface area contributed by atoms with Crippen LogP contribution in [-0.4, -0.2) is 52.4 Å². The van der Waals surface area contributed by atoms with Gasteiger partial charge in [-0.05, 0) is 55.4 Å². The monoisotopic (exact) mass is 612 g/mol. The summed E-state index contributed by atoms with van der Waals surface area (Å²) in [6, 6.07) is 7.44. The van der Waals surface area contributed by atoms with Gasteiger partial charge in [-0.25, -0.2) is 0 Å². The van der Waals surface area contributed by atoms with E-state index in [0.717, 1.165) is 36.6 Å². The van der Waals surface area contributed by atoms with Crippen molar-refractivity contribution in [2.75, 3.05) is 6.61 Å². The van der Waals surface area contributed by atoms with Crippen molar-refractivity contribution >= 4 is 22.4 Å². The minimum atomic E-state index is -2.02. The van der Waals surface area contributed by atoms with E-state index in [4.69, 9.17) is 13.9 Å². The van der Waals surface area contributed by atoms with Gasteiger partial charge in [0.25, 0.3) is 0 Å². The molecule has 6 atom stereocenters. The van der Waals surface area contributed by atoms with Crippen LogP contribution in [0, 0.1) is 23.7 Å². The van der Waals surface area contributed by atoms with Crippen LogP contribution in [0.3, 0.4) is 0 Å². The van der Waals surface area contributed by atoms with E-state index in [1.54, 1.807) is 0 Å². The lowest BCUT2D eigenvalue weighted by atomic mass is 9.86. The van der Waals surface area contributed by atoms with Gasteiger partial charge in [0.2, 0.25) is 0 Å². The smallest absolute Gasteiger partial charge is 0.305 e. The Labute approximate surface area is 257 Å². The normalized spacial score (nSPS) is 23.5. The number of aliphatic hydroxyl groups is 1. The first-order valence-corrected chi connectivity index (χ1v) is 22.5. The molecule has 1 unspecified atom stereocenters. The minimum absolute atomic E-state index is 0.0395. The van der Waals surface area contributed by atoms with E-state index in [0.29, 0.717) is 19.4 Å². The van der Waals surface area contributed by atoms with Gasteiger partial charge in [0.1, 0.15) is 11.9 Å². The number of esters is 1. The molecule has 0 amide bonds. The van der Waals surface area contributed by atoms with Crippen LogP contribution in [-0.2, 0) is 20.4 Å². The molecule has 234 valence electrons. The molecular formula is C35H56O5Si2. The predicted octanol–water partition coefficient (Wildman–Crippen LogP) is 8.11. The van der Waals surface area contributed by atoms with Crippen molar-refractivity contribution in [2.24, 2.45) is 11.8 Å². The Morgan fingerprint density at radius 1 is 1.21 bits per heavy atom. The summed E-state index contributed by atoms with van der Waals surface area (Å²) in [5.41, 5.74) is 2.39. The van der Waals surface area contributed by atoms with Crippen molar-refractivity contribution < 1.29 is 23.8 Å². The second-order valence-corrected chi connectivity index (χ2v) is 25.5. The van der Waals surface area contributed by atoms with Gasteiger partial charge < -0.3 is 19.0 Å². The second-order valence-electron chi connectivity index (χ2n) is 15.1. The molecule has 1 heterocycles. The minimum Gasteiger partial charge on any atom is -0.489 e. The van der Waals surface area contributed by atoms with E-state index in [1.165, 1.54) is 5.56 Å². The highest BCUT2D eigenvalue weighted by molar-refractivity contribution is 6.76. The molecule has 1 N–H and O–H groups in total. The lowest BCUT2D eigenvalue weighted by molar-refractivity contribution is -0.143. The van der Waals surface area contributed by atoms with Gasteiger partial charge in [-0.1, -0.05) is 77.7 Å². The number of carbonyl (C=O) groups excluding carboxylic acids is 1. The van der Waals surface area contributed by atoms with Crippen LogP contribution in [0.25, 0.3) is 0 Å². The molecule has 1 aromatic rings. The fourth-order valence-corrected chi connectivity index (χ4v) is 7.69. The molecule has 0 radical (unpaired) electrons. The number of fused-ring (bicyclic) bond motifs is 3. The van der Waals surface area contributed by atoms with E-state index in [1.807, 2.05) is 19.9 Å². The van der Waals surface area contributed by atoms with Crippen molar-refractivity contribution in [2.45, 2.75) is 135 Å². The Morgan fingerprint density at radius 3 is 2.57 bits per heavy atom. The Balaban J connectivity index is 1.77. The Hall–Kier alpha value is -1.86. The van der Waals surface area contributed by atoms with Crippen LogP contribution in [0.4, 0.5) is 0 Å². The molecule has 7 heteroatoms. The molecule has 0 saturated heterocycles. The maximum atomic E-state index is 12.3. The first-order valence-electron chi connectivity index (χ1n) is 15.9. The first-order chi connectivity index (χ1) is 19.5. The topological polar surface area (TPSA) is 65.0 Å². The van der Waals surface area contributed by atoms with Gasteiger partial charge in [-0.15, -0.1) is 11.8 Å². The molecule has 2 aliphatic rings. The third-order valence-electron chi connectivity index (χ3n) is 9.37. The lowest BCUT2D eigenvalue weighted by Gasteiger charge is -2.40. The summed E-state index contributed by atoms with van der Waals surface area (Å²) in [4.78, 5) is 12.3. The molecule has 3 rings (SSSR count). The molecule has 1 aliphatic heterocycles. The van der Waals surface area contributed by atoms with Crippen molar-refractivity contribution in [1.29, 1.82) is 0 Å². The van der Waals surface area contributed by atoms with E-state index >= 15 is 0 Å². The summed E-state index contributed by atoms with van der Waals surface area (Å²) in [6.07, 6.45) is 7.14. The lowest BCUT2D eigenvalue weighted by Crippen LogP contribution is -2.45. The summed E-state index contributed by atoms with van der Waals surface area (Å²) >= 11 is 0. The summed E-state index contributed by atoms with van der Waals surface area (Å²) in [6.45, 7) is 22.7. The Morgan fingerprint density at radius 2 is 1.93 bits per heavy atom. The highest BCUT2D eigenvalue weighted by Gasteiger charge is 2.52. The number of hydrogen-bond acceptors (Lipinski definition) is 5. The number of rotatable bonds is 13. The standard InChI is InChI=1S/C35H56O5Si2/c1-11-12-15-25(2)29(36)21-20-27-30(40-42(9,10)35(3,4)5)24-31-33(27)28-18-13-16-26(34(28)39-31)17-14-19-32(37)38-22-23-41(6,7)8/h13,16,18,20-21,25,27,29-31,33,36H,14-15,17,19,22-24H2,1-10H3/b21-20+/t25-,27-,29+,30?,31-,33-/m0/s1. The fraction of sp³-hybridized carbons (Fsp3) is 0.686. The van der Waals surface area contributed by atoms with Crippen LogP contribution >= 0.6 is 0 Å². The molecule has 1 aromatic carbocycles. The molecule has 1 fully saturated rings. The zero-order chi connectivity index (χ0) is 31.3. The van der Waals surface area contributed by atoms with Crippen molar-refractivity contribution in [3.63, 3.8) is 0 Å². The van der Waals surface area contributed by atoms with Crippen LogP contribution in [0.15, 0.2) is 30.4 Å². The first kappa shape index (κ1) is 34.6. The maximum Gasteiger partial charge on any atom is 0.305 e. The van der Waals surface area contributed by atoms with Crippen molar-refractivity contribution in [3.8, 4) is 17.6 Å². The fourth-order valence-electron chi connectivity index (χ4n) is 5.61. The Kier molecular flexibility index (Phi) is 11.8. The van der Waals surface area contributed by atoms with Crippen molar-refractivity contribution in [1.82, 2.24) is 0 Å². The number of carbonyl (C=O) groups is 1. The van der Waals surface area contributed by atoms with Crippen LogP contribution < -0.4 is 4.74 Å². The number of para-hydroxylation sites is 1. The molecule has 42 heavy (non-hydrogen) atoms.